The number of nitrogens with one attached hydrogen (secondary N) is 3. The molecule has 2 heterocycles. The zero-order valence-corrected chi connectivity index (χ0v) is 22.6. The number of anilines is 1. The van der Waals surface area contributed by atoms with Crippen molar-refractivity contribution < 1.29 is 22.4 Å². The van der Waals surface area contributed by atoms with Gasteiger partial charge in [-0.25, -0.2) is 13.2 Å². The van der Waals surface area contributed by atoms with E-state index >= 15 is 0 Å². The number of H-pyrrole nitrogens is 1. The number of furan rings is 1. The molecule has 2 aromatic heterocycles. The van der Waals surface area contributed by atoms with Crippen molar-refractivity contribution in [1.82, 2.24) is 10.3 Å². The minimum Gasteiger partial charge on any atom is -0.472 e. The molecule has 5 aromatic rings. The second kappa shape index (κ2) is 10.3. The van der Waals surface area contributed by atoms with Crippen LogP contribution in [0.15, 0.2) is 101 Å². The third-order valence-corrected chi connectivity index (χ3v) is 7.72. The number of amides is 1. The third-order valence-electron chi connectivity index (χ3n) is 6.32. The summed E-state index contributed by atoms with van der Waals surface area (Å²) in [6, 6.07) is 23.2. The van der Waals surface area contributed by atoms with E-state index in [1.54, 1.807) is 42.7 Å². The number of aromatic nitrogens is 1. The molecule has 0 aliphatic carbocycles. The van der Waals surface area contributed by atoms with Gasteiger partial charge in [-0.15, -0.1) is 0 Å². The molecule has 0 saturated carbocycles. The van der Waals surface area contributed by atoms with Gasteiger partial charge in [-0.1, -0.05) is 63.2 Å². The maximum atomic E-state index is 13.2. The monoisotopic (exact) mass is 543 g/mol. The number of rotatable bonds is 7. The van der Waals surface area contributed by atoms with Crippen LogP contribution in [0.25, 0.3) is 22.0 Å². The largest absolute Gasteiger partial charge is 0.472 e. The number of sulfonamides is 1. The smallest absolute Gasteiger partial charge is 0.414 e. The molecule has 5 rings (SSSR count). The number of hydrogen-bond donors (Lipinski definition) is 3. The van der Waals surface area contributed by atoms with Crippen LogP contribution in [0.5, 0.6) is 5.88 Å². The van der Waals surface area contributed by atoms with Crippen molar-refractivity contribution in [3.05, 3.63) is 103 Å². The molecule has 8 nitrogen and oxygen atoms in total. The topological polar surface area (TPSA) is 113 Å². The summed E-state index contributed by atoms with van der Waals surface area (Å²) < 4.78 is 39.7. The second-order valence-corrected chi connectivity index (χ2v) is 11.9. The molecule has 0 spiro atoms. The average molecular weight is 544 g/mol. The molecule has 0 radical (unpaired) electrons. The Balaban J connectivity index is 1.45. The van der Waals surface area contributed by atoms with Gasteiger partial charge < -0.3 is 19.5 Å². The van der Waals surface area contributed by atoms with Crippen molar-refractivity contribution >= 4 is 32.7 Å². The van der Waals surface area contributed by atoms with Gasteiger partial charge in [0.1, 0.15) is 0 Å². The molecule has 9 heteroatoms. The second-order valence-electron chi connectivity index (χ2n) is 10.2. The van der Waals surface area contributed by atoms with Crippen molar-refractivity contribution in [3.63, 3.8) is 0 Å². The van der Waals surface area contributed by atoms with Crippen molar-refractivity contribution in [2.75, 3.05) is 4.72 Å². The summed E-state index contributed by atoms with van der Waals surface area (Å²) in [6.07, 6.45) is 2.43. The first-order chi connectivity index (χ1) is 18.6. The molecule has 1 amide bonds. The standard InChI is InChI=1S/C30H29N3O5S/c1-30(2,3)22-9-12-24(13-10-22)39(35,36)33-23-11-14-26-25(17-23)27(21-7-5-4-6-8-21)28(32-26)38-29(34)31-18-20-15-16-37-19-20/h4-17,19,32-33H,18H2,1-3H3,(H,31,34). The Morgan fingerprint density at radius 3 is 2.38 bits per heavy atom. The molecule has 0 aliphatic rings. The highest BCUT2D eigenvalue weighted by Gasteiger charge is 2.21. The highest BCUT2D eigenvalue weighted by Crippen LogP contribution is 2.39. The Bertz CT molecular complexity index is 1700. The van der Waals surface area contributed by atoms with E-state index in [1.165, 1.54) is 6.26 Å². The van der Waals surface area contributed by atoms with Gasteiger partial charge in [0.05, 0.1) is 23.0 Å². The molecular weight excluding hydrogens is 514 g/mol. The lowest BCUT2D eigenvalue weighted by molar-refractivity contribution is 0.198. The minimum absolute atomic E-state index is 0.0845. The van der Waals surface area contributed by atoms with Crippen LogP contribution in [-0.4, -0.2) is 19.5 Å². The van der Waals surface area contributed by atoms with E-state index in [9.17, 15) is 13.2 Å². The lowest BCUT2D eigenvalue weighted by atomic mass is 9.87. The summed E-state index contributed by atoms with van der Waals surface area (Å²) in [4.78, 5) is 15.9. The molecular formula is C30H29N3O5S. The van der Waals surface area contributed by atoms with Crippen molar-refractivity contribution in [2.45, 2.75) is 37.6 Å². The van der Waals surface area contributed by atoms with Gasteiger partial charge in [-0.3, -0.25) is 4.72 Å². The zero-order chi connectivity index (χ0) is 27.6. The Kier molecular flexibility index (Phi) is 6.93. The van der Waals surface area contributed by atoms with Crippen molar-refractivity contribution in [1.29, 1.82) is 0 Å². The molecule has 0 fully saturated rings. The number of carbonyl (C=O) groups is 1. The maximum absolute atomic E-state index is 13.2. The van der Waals surface area contributed by atoms with Crippen LogP contribution in [0.2, 0.25) is 0 Å². The number of benzene rings is 3. The van der Waals surface area contributed by atoms with E-state index in [0.29, 0.717) is 22.2 Å². The normalized spacial score (nSPS) is 11.9. The van der Waals surface area contributed by atoms with Crippen LogP contribution < -0.4 is 14.8 Å². The van der Waals surface area contributed by atoms with E-state index in [4.69, 9.17) is 9.15 Å². The Morgan fingerprint density at radius 2 is 1.72 bits per heavy atom. The molecule has 0 aliphatic heterocycles. The first-order valence-corrected chi connectivity index (χ1v) is 13.9. The summed E-state index contributed by atoms with van der Waals surface area (Å²) in [5, 5.41) is 3.39. The van der Waals surface area contributed by atoms with Gasteiger partial charge >= 0.3 is 6.09 Å². The highest BCUT2D eigenvalue weighted by molar-refractivity contribution is 7.92. The Labute approximate surface area is 227 Å². The molecule has 0 bridgehead atoms. The number of carbonyl (C=O) groups excluding carboxylic acids is 1. The van der Waals surface area contributed by atoms with Crippen LogP contribution in [-0.2, 0) is 22.0 Å². The first-order valence-electron chi connectivity index (χ1n) is 12.4. The predicted octanol–water partition coefficient (Wildman–Crippen LogP) is 6.81. The SMILES string of the molecule is CC(C)(C)c1ccc(S(=O)(=O)Nc2ccc3[nH]c(OC(=O)NCc4ccoc4)c(-c4ccccc4)c3c2)cc1. The highest BCUT2D eigenvalue weighted by atomic mass is 32.2. The van der Waals surface area contributed by atoms with Gasteiger partial charge in [0, 0.05) is 28.7 Å². The van der Waals surface area contributed by atoms with E-state index < -0.39 is 16.1 Å². The van der Waals surface area contributed by atoms with Crippen LogP contribution in [0.4, 0.5) is 10.5 Å². The zero-order valence-electron chi connectivity index (χ0n) is 21.8. The predicted molar refractivity (Wildman–Crippen MR) is 151 cm³/mol. The number of fused-ring (bicyclic) bond motifs is 1. The Hall–Kier alpha value is -4.50. The van der Waals surface area contributed by atoms with Gasteiger partial charge in [0.2, 0.25) is 5.88 Å². The molecule has 3 aromatic carbocycles. The van der Waals surface area contributed by atoms with Gasteiger partial charge in [-0.05, 0) is 52.9 Å². The number of ether oxygens (including phenoxy) is 1. The molecule has 0 saturated heterocycles. The van der Waals surface area contributed by atoms with Crippen LogP contribution in [0, 0.1) is 0 Å². The maximum Gasteiger partial charge on any atom is 0.414 e. The van der Waals surface area contributed by atoms with E-state index in [2.05, 4.69) is 35.8 Å². The van der Waals surface area contributed by atoms with E-state index in [-0.39, 0.29) is 22.7 Å². The fourth-order valence-electron chi connectivity index (χ4n) is 4.24. The molecule has 0 unspecified atom stereocenters. The third kappa shape index (κ3) is 5.83. The van der Waals surface area contributed by atoms with E-state index in [1.807, 2.05) is 42.5 Å². The quantitative estimate of drug-likeness (QED) is 0.209. The molecule has 200 valence electrons. The van der Waals surface area contributed by atoms with Crippen LogP contribution in [0.3, 0.4) is 0 Å². The molecule has 39 heavy (non-hydrogen) atoms. The Morgan fingerprint density at radius 1 is 0.974 bits per heavy atom. The minimum atomic E-state index is -3.83. The molecule has 3 N–H and O–H groups in total. The van der Waals surface area contributed by atoms with Crippen molar-refractivity contribution in [2.24, 2.45) is 0 Å². The summed E-state index contributed by atoms with van der Waals surface area (Å²) in [6.45, 7) is 6.48. The van der Waals surface area contributed by atoms with E-state index in [0.717, 1.165) is 16.7 Å². The van der Waals surface area contributed by atoms with Crippen molar-refractivity contribution in [3.8, 4) is 17.0 Å². The lowest BCUT2D eigenvalue weighted by Crippen LogP contribution is -2.26. The summed E-state index contributed by atoms with van der Waals surface area (Å²) >= 11 is 0. The fourth-order valence-corrected chi connectivity index (χ4v) is 5.29. The summed E-state index contributed by atoms with van der Waals surface area (Å²) in [5.41, 5.74) is 4.27. The van der Waals surface area contributed by atoms with Gasteiger partial charge in [0.15, 0.2) is 0 Å². The van der Waals surface area contributed by atoms with Gasteiger partial charge in [-0.2, -0.15) is 0 Å². The summed E-state index contributed by atoms with van der Waals surface area (Å²) in [5.74, 6) is 0.249. The van der Waals surface area contributed by atoms with Gasteiger partial charge in [0.25, 0.3) is 10.0 Å². The van der Waals surface area contributed by atoms with Crippen LogP contribution in [0.1, 0.15) is 31.9 Å². The lowest BCUT2D eigenvalue weighted by Gasteiger charge is -2.19. The number of aromatic amines is 1. The molecule has 0 atom stereocenters. The number of hydrogen-bond acceptors (Lipinski definition) is 5. The van der Waals surface area contributed by atoms with Crippen LogP contribution >= 0.6 is 0 Å². The first kappa shape index (κ1) is 26.1. The summed E-state index contributed by atoms with van der Waals surface area (Å²) in [7, 11) is -3.83. The fraction of sp³-hybridized carbons (Fsp3) is 0.167. The average Bonchev–Trinajstić information content (AvgIpc) is 3.55.